The Morgan fingerprint density at radius 3 is 2.44 bits per heavy atom. The Labute approximate surface area is 208 Å². The van der Waals surface area contributed by atoms with E-state index >= 15 is 0 Å². The molecule has 34 heavy (non-hydrogen) atoms. The van der Waals surface area contributed by atoms with E-state index in [1.807, 2.05) is 32.9 Å². The van der Waals surface area contributed by atoms with E-state index in [2.05, 4.69) is 20.6 Å². The Balaban J connectivity index is 2.02. The van der Waals surface area contributed by atoms with Crippen molar-refractivity contribution in [3.05, 3.63) is 34.9 Å². The van der Waals surface area contributed by atoms with Gasteiger partial charge in [-0.25, -0.2) is 9.97 Å². The van der Waals surface area contributed by atoms with Crippen molar-refractivity contribution in [2.45, 2.75) is 64.6 Å². The summed E-state index contributed by atoms with van der Waals surface area (Å²) in [5.41, 5.74) is 1.28. The summed E-state index contributed by atoms with van der Waals surface area (Å²) >= 11 is 6.01. The van der Waals surface area contributed by atoms with Crippen molar-refractivity contribution in [1.29, 1.82) is 0 Å². The van der Waals surface area contributed by atoms with E-state index in [0.717, 1.165) is 31.2 Å². The molecular weight excluding hydrogens is 474 g/mol. The molecule has 1 aliphatic heterocycles. The minimum Gasteiger partial charge on any atom is -0.341 e. The third kappa shape index (κ3) is 6.54. The van der Waals surface area contributed by atoms with Crippen LogP contribution < -0.4 is 15.5 Å². The smallest absolute Gasteiger partial charge is 0.244 e. The van der Waals surface area contributed by atoms with E-state index in [4.69, 9.17) is 11.6 Å². The number of aromatic nitrogens is 2. The lowest BCUT2D eigenvalue weighted by Crippen LogP contribution is -2.39. The number of anilines is 3. The summed E-state index contributed by atoms with van der Waals surface area (Å²) in [5.74, 6) is 0.504. The molecule has 1 aromatic carbocycles. The van der Waals surface area contributed by atoms with Gasteiger partial charge in [0.1, 0.15) is 5.69 Å². The van der Waals surface area contributed by atoms with Crippen LogP contribution in [-0.4, -0.2) is 38.3 Å². The van der Waals surface area contributed by atoms with Gasteiger partial charge in [0.05, 0.1) is 17.3 Å². The fraction of sp³-hybridized carbons (Fsp3) is 0.500. The number of carbonyl (C=O) groups excluding carboxylic acids is 2. The third-order valence-corrected chi connectivity index (χ3v) is 7.16. The van der Waals surface area contributed by atoms with E-state index in [-0.39, 0.29) is 35.3 Å². The molecule has 1 aromatic heterocycles. The zero-order valence-corrected chi connectivity index (χ0v) is 21.5. The molecule has 0 radical (unpaired) electrons. The summed E-state index contributed by atoms with van der Waals surface area (Å²) in [6.07, 6.45) is 4.00. The number of nitrogens with one attached hydrogen (secondary N) is 2. The van der Waals surface area contributed by atoms with Crippen LogP contribution in [0.4, 0.5) is 17.3 Å². The van der Waals surface area contributed by atoms with Crippen LogP contribution >= 0.6 is 11.6 Å². The van der Waals surface area contributed by atoms with Crippen LogP contribution in [-0.2, 0) is 26.9 Å². The van der Waals surface area contributed by atoms with Gasteiger partial charge in [-0.1, -0.05) is 57.3 Å². The van der Waals surface area contributed by atoms with E-state index in [1.165, 1.54) is 0 Å². The average Bonchev–Trinajstić information content (AvgIpc) is 2.80. The Bertz CT molecular complexity index is 1040. The van der Waals surface area contributed by atoms with Crippen LogP contribution in [0.2, 0.25) is 5.02 Å². The number of hydrogen-bond acceptors (Lipinski definition) is 6. The van der Waals surface area contributed by atoms with Crippen LogP contribution in [0.15, 0.2) is 29.4 Å². The number of amides is 2. The minimum atomic E-state index is -1.43. The van der Waals surface area contributed by atoms with Crippen LogP contribution in [0.1, 0.15) is 58.4 Å². The van der Waals surface area contributed by atoms with Crippen molar-refractivity contribution in [1.82, 2.24) is 9.97 Å². The van der Waals surface area contributed by atoms with E-state index in [1.54, 1.807) is 17.0 Å². The highest BCUT2D eigenvalue weighted by molar-refractivity contribution is 7.84. The normalized spacial score (nSPS) is 14.0. The van der Waals surface area contributed by atoms with Crippen molar-refractivity contribution in [2.24, 2.45) is 5.92 Å². The highest BCUT2D eigenvalue weighted by atomic mass is 35.5. The maximum Gasteiger partial charge on any atom is 0.244 e. The Morgan fingerprint density at radius 1 is 1.15 bits per heavy atom. The van der Waals surface area contributed by atoms with Gasteiger partial charge in [0.15, 0.2) is 11.6 Å². The fourth-order valence-corrected chi connectivity index (χ4v) is 4.99. The van der Waals surface area contributed by atoms with Gasteiger partial charge in [0, 0.05) is 23.2 Å². The first-order chi connectivity index (χ1) is 16.4. The first kappa shape index (κ1) is 26.1. The fourth-order valence-electron chi connectivity index (χ4n) is 3.93. The number of hydrogen-bond donors (Lipinski definition) is 2. The lowest BCUT2D eigenvalue weighted by atomic mass is 9.97. The molecule has 3 rings (SSSR count). The largest absolute Gasteiger partial charge is 0.341 e. The van der Waals surface area contributed by atoms with Crippen molar-refractivity contribution >= 4 is 51.5 Å². The predicted octanol–water partition coefficient (Wildman–Crippen LogP) is 4.76. The molecule has 184 valence electrons. The second kappa shape index (κ2) is 12.3. The van der Waals surface area contributed by atoms with Crippen molar-refractivity contribution < 1.29 is 13.8 Å². The maximum absolute atomic E-state index is 13.1. The van der Waals surface area contributed by atoms with Crippen LogP contribution in [0, 0.1) is 5.92 Å². The lowest BCUT2D eigenvalue weighted by Gasteiger charge is -2.31. The van der Waals surface area contributed by atoms with E-state index < -0.39 is 10.8 Å². The molecule has 2 N–H and O–H groups in total. The van der Waals surface area contributed by atoms with Gasteiger partial charge in [0.2, 0.25) is 17.0 Å². The van der Waals surface area contributed by atoms with Gasteiger partial charge in [0.25, 0.3) is 0 Å². The van der Waals surface area contributed by atoms with Crippen molar-refractivity contribution in [3.63, 3.8) is 0 Å². The van der Waals surface area contributed by atoms with E-state index in [0.29, 0.717) is 35.2 Å². The Hall–Kier alpha value is -2.52. The summed E-state index contributed by atoms with van der Waals surface area (Å²) in [6.45, 7) is 6.50. The molecule has 8 nitrogen and oxygen atoms in total. The zero-order chi connectivity index (χ0) is 24.7. The number of nitrogens with zero attached hydrogens (tertiary/aromatic N) is 3. The second-order valence-corrected chi connectivity index (χ2v) is 10.3. The van der Waals surface area contributed by atoms with Gasteiger partial charge in [-0.2, -0.15) is 0 Å². The predicted molar refractivity (Wildman–Crippen MR) is 137 cm³/mol. The summed E-state index contributed by atoms with van der Waals surface area (Å²) < 4.78 is 12.8. The number of benzene rings is 1. The molecule has 0 aliphatic carbocycles. The highest BCUT2D eigenvalue weighted by Crippen LogP contribution is 2.35. The molecule has 0 fully saturated rings. The maximum atomic E-state index is 13.1. The molecule has 0 spiro atoms. The summed E-state index contributed by atoms with van der Waals surface area (Å²) in [6, 6.07) is 7.34. The monoisotopic (exact) mass is 505 g/mol. The molecule has 2 heterocycles. The quantitative estimate of drug-likeness (QED) is 0.426. The molecule has 10 heteroatoms. The van der Waals surface area contributed by atoms with Gasteiger partial charge >= 0.3 is 0 Å². The summed E-state index contributed by atoms with van der Waals surface area (Å²) in [5, 5.41) is 6.50. The lowest BCUT2D eigenvalue weighted by molar-refractivity contribution is -0.120. The summed E-state index contributed by atoms with van der Waals surface area (Å²) in [4.78, 5) is 36.5. The Morgan fingerprint density at radius 2 is 1.82 bits per heavy atom. The van der Waals surface area contributed by atoms with Gasteiger partial charge < -0.3 is 15.5 Å². The minimum absolute atomic E-state index is 0.0776. The first-order valence-corrected chi connectivity index (χ1v) is 13.5. The molecule has 2 amide bonds. The van der Waals surface area contributed by atoms with E-state index in [9.17, 15) is 13.8 Å². The van der Waals surface area contributed by atoms with Gasteiger partial charge in [-0.05, 0) is 37.0 Å². The third-order valence-electron chi connectivity index (χ3n) is 5.53. The standard InChI is InChI=1S/C24H32ClN5O3S/c1-4-7-17(8-5-2)23(32)27-21-20-22(29-24(28-21)34(33)13-6-3)30(15-19(31)26-20)14-16-9-11-18(25)12-10-16/h9-12,17H,4-8,13-15H2,1-3H3,(H,26,31)(H,27,28,29,32). The number of rotatable bonds is 11. The number of carbonyl (C=O) groups is 2. The van der Waals surface area contributed by atoms with Crippen LogP contribution in [0.5, 0.6) is 0 Å². The highest BCUT2D eigenvalue weighted by Gasteiger charge is 2.30. The van der Waals surface area contributed by atoms with Gasteiger partial charge in [-0.15, -0.1) is 0 Å². The molecule has 0 saturated heterocycles. The van der Waals surface area contributed by atoms with Crippen molar-refractivity contribution in [3.8, 4) is 0 Å². The molecular formula is C24H32ClN5O3S. The average molecular weight is 506 g/mol. The number of fused-ring (bicyclic) bond motifs is 1. The first-order valence-electron chi connectivity index (χ1n) is 11.8. The zero-order valence-electron chi connectivity index (χ0n) is 19.9. The topological polar surface area (TPSA) is 104 Å². The van der Waals surface area contributed by atoms with Crippen LogP contribution in [0.25, 0.3) is 0 Å². The summed E-state index contributed by atoms with van der Waals surface area (Å²) in [7, 11) is -1.43. The Kier molecular flexibility index (Phi) is 9.41. The van der Waals surface area contributed by atoms with Gasteiger partial charge in [-0.3, -0.25) is 13.8 Å². The second-order valence-electron chi connectivity index (χ2n) is 8.40. The molecule has 1 atom stereocenters. The van der Waals surface area contributed by atoms with Crippen LogP contribution in [0.3, 0.4) is 0 Å². The number of halogens is 1. The molecule has 1 aliphatic rings. The van der Waals surface area contributed by atoms with Crippen molar-refractivity contribution in [2.75, 3.05) is 27.8 Å². The SMILES string of the molecule is CCCC(CCC)C(=O)Nc1nc(S(=O)CCC)nc2c1NC(=O)CN2Cc1ccc(Cl)cc1. The molecule has 1 unspecified atom stereocenters. The molecule has 2 aromatic rings. The molecule has 0 saturated carbocycles. The molecule has 0 bridgehead atoms.